The van der Waals surface area contributed by atoms with E-state index >= 15 is 0 Å². The summed E-state index contributed by atoms with van der Waals surface area (Å²) in [4.78, 5) is 28.0. The first-order chi connectivity index (χ1) is 6.23. The van der Waals surface area contributed by atoms with E-state index in [1.54, 1.807) is 0 Å². The molecule has 0 radical (unpaired) electrons. The van der Waals surface area contributed by atoms with Crippen LogP contribution in [0.15, 0.2) is 0 Å². The lowest BCUT2D eigenvalue weighted by molar-refractivity contribution is -0.142. The molecule has 0 aromatic carbocycles. The SMILES string of the molecule is N[C@@]1(C(=O)O)CN[C@H](CP(=O)(O)O)C1. The zero-order valence-corrected chi connectivity index (χ0v) is 8.28. The molecule has 82 valence electrons. The summed E-state index contributed by atoms with van der Waals surface area (Å²) in [7, 11) is -4.11. The lowest BCUT2D eigenvalue weighted by Gasteiger charge is -2.16. The fraction of sp³-hybridized carbons (Fsp3) is 0.833. The summed E-state index contributed by atoms with van der Waals surface area (Å²) >= 11 is 0. The van der Waals surface area contributed by atoms with Crippen molar-refractivity contribution in [2.75, 3.05) is 12.7 Å². The van der Waals surface area contributed by atoms with E-state index in [9.17, 15) is 9.36 Å². The molecular weight excluding hydrogens is 211 g/mol. The van der Waals surface area contributed by atoms with Crippen LogP contribution in [0.2, 0.25) is 0 Å². The normalized spacial score (nSPS) is 33.2. The van der Waals surface area contributed by atoms with E-state index in [2.05, 4.69) is 5.32 Å². The molecule has 1 saturated heterocycles. The van der Waals surface area contributed by atoms with Crippen molar-refractivity contribution in [3.8, 4) is 0 Å². The van der Waals surface area contributed by atoms with Crippen molar-refractivity contribution < 1.29 is 24.3 Å². The van der Waals surface area contributed by atoms with E-state index < -0.39 is 25.1 Å². The van der Waals surface area contributed by atoms with Gasteiger partial charge >= 0.3 is 13.6 Å². The molecule has 1 heterocycles. The van der Waals surface area contributed by atoms with Crippen LogP contribution in [0.4, 0.5) is 0 Å². The van der Waals surface area contributed by atoms with Gasteiger partial charge in [-0.05, 0) is 6.42 Å². The molecule has 0 saturated carbocycles. The Morgan fingerprint density at radius 1 is 1.64 bits per heavy atom. The highest BCUT2D eigenvalue weighted by Gasteiger charge is 2.43. The number of rotatable bonds is 3. The van der Waals surface area contributed by atoms with E-state index in [1.807, 2.05) is 0 Å². The Kier molecular flexibility index (Phi) is 2.99. The van der Waals surface area contributed by atoms with Gasteiger partial charge in [0.25, 0.3) is 0 Å². The topological polar surface area (TPSA) is 133 Å². The number of carboxylic acids is 1. The van der Waals surface area contributed by atoms with Crippen LogP contribution in [0.25, 0.3) is 0 Å². The third-order valence-corrected chi connectivity index (χ3v) is 3.12. The molecule has 1 rings (SSSR count). The lowest BCUT2D eigenvalue weighted by atomic mass is 9.98. The second kappa shape index (κ2) is 3.60. The highest BCUT2D eigenvalue weighted by Crippen LogP contribution is 2.37. The Morgan fingerprint density at radius 3 is 2.57 bits per heavy atom. The van der Waals surface area contributed by atoms with Gasteiger partial charge in [0, 0.05) is 12.6 Å². The maximum Gasteiger partial charge on any atom is 0.327 e. The van der Waals surface area contributed by atoms with Crippen molar-refractivity contribution in [2.24, 2.45) is 5.73 Å². The number of aliphatic carboxylic acids is 1. The minimum absolute atomic E-state index is 0.0347. The molecule has 1 fully saturated rings. The van der Waals surface area contributed by atoms with Crippen molar-refractivity contribution in [1.82, 2.24) is 5.32 Å². The quantitative estimate of drug-likeness (QED) is 0.361. The van der Waals surface area contributed by atoms with Gasteiger partial charge in [-0.25, -0.2) is 0 Å². The summed E-state index contributed by atoms with van der Waals surface area (Å²) in [5.41, 5.74) is 4.09. The zero-order valence-electron chi connectivity index (χ0n) is 7.38. The standard InChI is InChI=1S/C6H13N2O5P/c7-6(5(9)10)1-4(8-3-6)2-14(11,12)13/h4,8H,1-3,7H2,(H,9,10)(H2,11,12,13)/t4-,6+/m0/s1. The molecule has 0 aromatic heterocycles. The van der Waals surface area contributed by atoms with Crippen molar-refractivity contribution in [3.63, 3.8) is 0 Å². The van der Waals surface area contributed by atoms with Gasteiger partial charge in [-0.2, -0.15) is 0 Å². The number of carbonyl (C=O) groups is 1. The third-order valence-electron chi connectivity index (χ3n) is 2.20. The van der Waals surface area contributed by atoms with Crippen LogP contribution in [-0.4, -0.2) is 45.2 Å². The largest absolute Gasteiger partial charge is 0.480 e. The average Bonchev–Trinajstić information content (AvgIpc) is 2.29. The van der Waals surface area contributed by atoms with Crippen LogP contribution in [0.3, 0.4) is 0 Å². The van der Waals surface area contributed by atoms with Gasteiger partial charge in [-0.15, -0.1) is 0 Å². The number of carboxylic acid groups (broad SMARTS) is 1. The minimum atomic E-state index is -4.11. The average molecular weight is 224 g/mol. The maximum atomic E-state index is 10.7. The monoisotopic (exact) mass is 224 g/mol. The smallest absolute Gasteiger partial charge is 0.327 e. The predicted molar refractivity (Wildman–Crippen MR) is 47.9 cm³/mol. The van der Waals surface area contributed by atoms with Crippen molar-refractivity contribution >= 4 is 13.6 Å². The first kappa shape index (κ1) is 11.6. The summed E-state index contributed by atoms with van der Waals surface area (Å²) in [6, 6.07) is -0.531. The van der Waals surface area contributed by atoms with Crippen LogP contribution < -0.4 is 11.1 Å². The Hall–Kier alpha value is -0.460. The van der Waals surface area contributed by atoms with Crippen LogP contribution in [-0.2, 0) is 9.36 Å². The minimum Gasteiger partial charge on any atom is -0.480 e. The van der Waals surface area contributed by atoms with E-state index in [1.165, 1.54) is 0 Å². The van der Waals surface area contributed by atoms with E-state index in [4.69, 9.17) is 20.6 Å². The molecule has 6 N–H and O–H groups in total. The third kappa shape index (κ3) is 2.76. The highest BCUT2D eigenvalue weighted by molar-refractivity contribution is 7.51. The van der Waals surface area contributed by atoms with Crippen molar-refractivity contribution in [1.29, 1.82) is 0 Å². The van der Waals surface area contributed by atoms with Crippen molar-refractivity contribution in [3.05, 3.63) is 0 Å². The lowest BCUT2D eigenvalue weighted by Crippen LogP contribution is -2.49. The molecule has 0 spiro atoms. The first-order valence-electron chi connectivity index (χ1n) is 4.03. The van der Waals surface area contributed by atoms with Crippen LogP contribution in [0, 0.1) is 0 Å². The maximum absolute atomic E-state index is 10.7. The van der Waals surface area contributed by atoms with Gasteiger partial charge in [-0.1, -0.05) is 0 Å². The Morgan fingerprint density at radius 2 is 2.21 bits per heavy atom. The highest BCUT2D eigenvalue weighted by atomic mass is 31.2. The molecule has 1 aliphatic rings. The Labute approximate surface area is 80.5 Å². The molecule has 0 unspecified atom stereocenters. The van der Waals surface area contributed by atoms with Gasteiger partial charge < -0.3 is 25.9 Å². The number of nitrogens with two attached hydrogens (primary N) is 1. The van der Waals surface area contributed by atoms with Crippen LogP contribution in [0.1, 0.15) is 6.42 Å². The van der Waals surface area contributed by atoms with Crippen LogP contribution >= 0.6 is 7.60 Å². The van der Waals surface area contributed by atoms with Crippen molar-refractivity contribution in [2.45, 2.75) is 18.0 Å². The predicted octanol–water partition coefficient (Wildman–Crippen LogP) is -1.69. The molecule has 8 heteroatoms. The molecule has 0 aromatic rings. The summed E-state index contributed by atoms with van der Waals surface area (Å²) in [5.74, 6) is -1.15. The Balaban J connectivity index is 2.58. The molecule has 7 nitrogen and oxygen atoms in total. The van der Waals surface area contributed by atoms with Gasteiger partial charge in [-0.3, -0.25) is 9.36 Å². The Bertz CT molecular complexity index is 290. The molecule has 1 aliphatic heterocycles. The summed E-state index contributed by atoms with van der Waals surface area (Å²) in [6.45, 7) is 0.0347. The van der Waals surface area contributed by atoms with E-state index in [0.717, 1.165) is 0 Å². The van der Waals surface area contributed by atoms with Crippen LogP contribution in [0.5, 0.6) is 0 Å². The van der Waals surface area contributed by atoms with Gasteiger partial charge in [0.2, 0.25) is 0 Å². The fourth-order valence-electron chi connectivity index (χ4n) is 1.49. The fourth-order valence-corrected chi connectivity index (χ4v) is 2.32. The molecule has 0 aliphatic carbocycles. The van der Waals surface area contributed by atoms with E-state index in [0.29, 0.717) is 0 Å². The van der Waals surface area contributed by atoms with E-state index in [-0.39, 0.29) is 19.1 Å². The number of hydrogen-bond acceptors (Lipinski definition) is 4. The number of nitrogens with one attached hydrogen (secondary N) is 1. The summed E-state index contributed by atoms with van der Waals surface area (Å²) in [6.07, 6.45) is -0.341. The molecule has 0 amide bonds. The summed E-state index contributed by atoms with van der Waals surface area (Å²) in [5, 5.41) is 11.4. The van der Waals surface area contributed by atoms with Gasteiger partial charge in [0.15, 0.2) is 0 Å². The second-order valence-electron chi connectivity index (χ2n) is 3.59. The number of hydrogen-bond donors (Lipinski definition) is 5. The van der Waals surface area contributed by atoms with Gasteiger partial charge in [0.1, 0.15) is 5.54 Å². The zero-order chi connectivity index (χ0) is 11.0. The molecule has 0 bridgehead atoms. The van der Waals surface area contributed by atoms with Gasteiger partial charge in [0.05, 0.1) is 6.16 Å². The second-order valence-corrected chi connectivity index (χ2v) is 5.29. The molecular formula is C6H13N2O5P. The first-order valence-corrected chi connectivity index (χ1v) is 5.83. The summed E-state index contributed by atoms with van der Waals surface area (Å²) < 4.78 is 10.6. The molecule has 14 heavy (non-hydrogen) atoms. The molecule has 2 atom stereocenters.